The second-order valence-electron chi connectivity index (χ2n) is 5.95. The molecule has 20 heavy (non-hydrogen) atoms. The molecule has 1 aliphatic carbocycles. The van der Waals surface area contributed by atoms with Crippen molar-refractivity contribution in [3.8, 4) is 0 Å². The number of hydrogen-bond acceptors (Lipinski definition) is 2. The minimum atomic E-state index is 0.411. The molecule has 0 aromatic carbocycles. The Labute approximate surface area is 129 Å². The molecule has 0 aliphatic heterocycles. The molecule has 3 nitrogen and oxygen atoms in total. The highest BCUT2D eigenvalue weighted by Crippen LogP contribution is 2.38. The molecule has 1 saturated carbocycles. The van der Waals surface area contributed by atoms with Gasteiger partial charge < -0.3 is 4.57 Å². The Morgan fingerprint density at radius 2 is 2.10 bits per heavy atom. The topological polar surface area (TPSA) is 30.7 Å². The predicted molar refractivity (Wildman–Crippen MR) is 83.3 cm³/mol. The molecule has 3 rings (SSSR count). The fourth-order valence-corrected chi connectivity index (χ4v) is 3.58. The van der Waals surface area contributed by atoms with Gasteiger partial charge in [0, 0.05) is 12.2 Å². The van der Waals surface area contributed by atoms with Crippen molar-refractivity contribution in [2.45, 2.75) is 45.0 Å². The fourth-order valence-electron chi connectivity index (χ4n) is 3.24. The van der Waals surface area contributed by atoms with Gasteiger partial charge in [-0.3, -0.25) is 0 Å². The van der Waals surface area contributed by atoms with Gasteiger partial charge in [-0.15, -0.1) is 11.6 Å². The molecule has 0 bridgehead atoms. The second-order valence-corrected chi connectivity index (χ2v) is 6.65. The van der Waals surface area contributed by atoms with Gasteiger partial charge in [0.2, 0.25) is 0 Å². The molecular formula is C15H19Cl2N3. The van der Waals surface area contributed by atoms with Crippen molar-refractivity contribution < 1.29 is 0 Å². The molecule has 1 fully saturated rings. The summed E-state index contributed by atoms with van der Waals surface area (Å²) < 4.78 is 2.24. The van der Waals surface area contributed by atoms with Crippen molar-refractivity contribution in [3.63, 3.8) is 0 Å². The number of pyridine rings is 1. The van der Waals surface area contributed by atoms with Crippen LogP contribution >= 0.6 is 23.2 Å². The van der Waals surface area contributed by atoms with Crippen molar-refractivity contribution in [1.82, 2.24) is 14.5 Å². The van der Waals surface area contributed by atoms with Crippen molar-refractivity contribution in [2.24, 2.45) is 11.8 Å². The van der Waals surface area contributed by atoms with Gasteiger partial charge in [0.05, 0.1) is 10.9 Å². The van der Waals surface area contributed by atoms with E-state index in [-0.39, 0.29) is 0 Å². The summed E-state index contributed by atoms with van der Waals surface area (Å²) in [6, 6.07) is 2.32. The van der Waals surface area contributed by atoms with Crippen LogP contribution in [-0.2, 0) is 5.88 Å². The lowest BCUT2D eigenvalue weighted by Crippen LogP contribution is -2.24. The Bertz CT molecular complexity index is 623. The Balaban J connectivity index is 2.05. The lowest BCUT2D eigenvalue weighted by molar-refractivity contribution is 0.211. The van der Waals surface area contributed by atoms with Gasteiger partial charge in [0.25, 0.3) is 0 Å². The van der Waals surface area contributed by atoms with Crippen LogP contribution in [-0.4, -0.2) is 14.5 Å². The smallest absolute Gasteiger partial charge is 0.160 e. The summed E-state index contributed by atoms with van der Waals surface area (Å²) >= 11 is 12.1. The van der Waals surface area contributed by atoms with Gasteiger partial charge in [-0.25, -0.2) is 9.97 Å². The van der Waals surface area contributed by atoms with Gasteiger partial charge in [-0.2, -0.15) is 0 Å². The highest BCUT2D eigenvalue weighted by atomic mass is 35.5. The number of nitrogens with zero attached hydrogens (tertiary/aromatic N) is 3. The van der Waals surface area contributed by atoms with E-state index in [0.717, 1.165) is 28.8 Å². The zero-order chi connectivity index (χ0) is 14.3. The molecule has 3 unspecified atom stereocenters. The summed E-state index contributed by atoms with van der Waals surface area (Å²) in [6.45, 7) is 4.67. The molecule has 0 N–H and O–H groups in total. The van der Waals surface area contributed by atoms with Crippen LogP contribution in [0.4, 0.5) is 0 Å². The van der Waals surface area contributed by atoms with Gasteiger partial charge in [0.1, 0.15) is 11.3 Å². The Morgan fingerprint density at radius 3 is 2.80 bits per heavy atom. The summed E-state index contributed by atoms with van der Waals surface area (Å²) in [7, 11) is 0. The van der Waals surface area contributed by atoms with Crippen molar-refractivity contribution in [3.05, 3.63) is 23.1 Å². The molecule has 0 amide bonds. The van der Waals surface area contributed by atoms with Crippen molar-refractivity contribution in [1.29, 1.82) is 0 Å². The highest BCUT2D eigenvalue weighted by Gasteiger charge is 2.28. The van der Waals surface area contributed by atoms with Crippen LogP contribution in [0.25, 0.3) is 11.2 Å². The second kappa shape index (κ2) is 5.53. The standard InChI is InChI=1S/C15H19Cl2N3/c1-9-3-4-12(5-10(9)2)20-14(7-16)19-13-6-11(17)8-18-15(13)20/h6,8-10,12H,3-5,7H2,1-2H3. The van der Waals surface area contributed by atoms with E-state index in [1.165, 1.54) is 19.3 Å². The van der Waals surface area contributed by atoms with Crippen LogP contribution in [0.5, 0.6) is 0 Å². The molecule has 0 saturated heterocycles. The molecule has 0 radical (unpaired) electrons. The maximum atomic E-state index is 6.08. The van der Waals surface area contributed by atoms with Gasteiger partial charge in [-0.1, -0.05) is 25.4 Å². The maximum absolute atomic E-state index is 6.08. The first-order chi connectivity index (χ1) is 9.60. The maximum Gasteiger partial charge on any atom is 0.160 e. The summed E-state index contributed by atoms with van der Waals surface area (Å²) in [5.74, 6) is 2.83. The minimum Gasteiger partial charge on any atom is -0.309 e. The van der Waals surface area contributed by atoms with Crippen LogP contribution in [0.3, 0.4) is 0 Å². The number of imidazole rings is 1. The number of aromatic nitrogens is 3. The first-order valence-electron chi connectivity index (χ1n) is 7.18. The number of rotatable bonds is 2. The quantitative estimate of drug-likeness (QED) is 0.744. The minimum absolute atomic E-state index is 0.411. The van der Waals surface area contributed by atoms with E-state index in [1.807, 2.05) is 6.07 Å². The Kier molecular flexibility index (Phi) is 3.91. The van der Waals surface area contributed by atoms with E-state index in [0.29, 0.717) is 16.9 Å². The first kappa shape index (κ1) is 14.2. The van der Waals surface area contributed by atoms with Crippen LogP contribution < -0.4 is 0 Å². The molecule has 1 aliphatic rings. The van der Waals surface area contributed by atoms with Gasteiger partial charge in [-0.05, 0) is 37.2 Å². The van der Waals surface area contributed by atoms with Gasteiger partial charge >= 0.3 is 0 Å². The SMILES string of the molecule is CC1CCC(n2c(CCl)nc3cc(Cl)cnc32)CC1C. The van der Waals surface area contributed by atoms with E-state index in [1.54, 1.807) is 6.20 Å². The van der Waals surface area contributed by atoms with E-state index in [2.05, 4.69) is 28.4 Å². The largest absolute Gasteiger partial charge is 0.309 e. The Morgan fingerprint density at radius 1 is 1.30 bits per heavy atom. The van der Waals surface area contributed by atoms with Crippen LogP contribution in [0.15, 0.2) is 12.3 Å². The van der Waals surface area contributed by atoms with E-state index >= 15 is 0 Å². The number of alkyl halides is 1. The van der Waals surface area contributed by atoms with Crippen molar-refractivity contribution in [2.75, 3.05) is 0 Å². The molecule has 5 heteroatoms. The summed E-state index contributed by atoms with van der Waals surface area (Å²) in [5, 5.41) is 0.619. The van der Waals surface area contributed by atoms with Gasteiger partial charge in [0.15, 0.2) is 5.65 Å². The summed E-state index contributed by atoms with van der Waals surface area (Å²) in [4.78, 5) is 9.07. The Hall–Kier alpha value is -0.800. The highest BCUT2D eigenvalue weighted by molar-refractivity contribution is 6.31. The predicted octanol–water partition coefficient (Wildman–Crippen LogP) is 4.82. The van der Waals surface area contributed by atoms with E-state index < -0.39 is 0 Å². The number of halogens is 2. The van der Waals surface area contributed by atoms with Crippen LogP contribution in [0.1, 0.15) is 45.0 Å². The molecule has 2 aromatic heterocycles. The summed E-state index contributed by atoms with van der Waals surface area (Å²) in [6.07, 6.45) is 5.28. The number of hydrogen-bond donors (Lipinski definition) is 0. The first-order valence-corrected chi connectivity index (χ1v) is 8.09. The molecule has 108 valence electrons. The molecule has 0 spiro atoms. The van der Waals surface area contributed by atoms with Crippen molar-refractivity contribution >= 4 is 34.4 Å². The zero-order valence-electron chi connectivity index (χ0n) is 11.8. The molecule has 3 atom stereocenters. The average Bonchev–Trinajstić information content (AvgIpc) is 2.79. The van der Waals surface area contributed by atoms with E-state index in [4.69, 9.17) is 23.2 Å². The fraction of sp³-hybridized carbons (Fsp3) is 0.600. The third-order valence-corrected chi connectivity index (χ3v) is 5.07. The summed E-state index contributed by atoms with van der Waals surface area (Å²) in [5.41, 5.74) is 1.76. The van der Waals surface area contributed by atoms with E-state index in [9.17, 15) is 0 Å². The lowest BCUT2D eigenvalue weighted by atomic mass is 9.79. The lowest BCUT2D eigenvalue weighted by Gasteiger charge is -2.33. The van der Waals surface area contributed by atoms with Crippen LogP contribution in [0.2, 0.25) is 5.02 Å². The third kappa shape index (κ3) is 2.42. The monoisotopic (exact) mass is 311 g/mol. The zero-order valence-corrected chi connectivity index (χ0v) is 13.3. The van der Waals surface area contributed by atoms with Crippen LogP contribution in [0, 0.1) is 11.8 Å². The average molecular weight is 312 g/mol. The number of fused-ring (bicyclic) bond motifs is 1. The molecule has 2 heterocycles. The molecular weight excluding hydrogens is 293 g/mol. The molecule has 2 aromatic rings. The third-order valence-electron chi connectivity index (χ3n) is 4.62. The normalized spacial score (nSPS) is 27.1.